The highest BCUT2D eigenvalue weighted by atomic mass is 79.9. The van der Waals surface area contributed by atoms with E-state index in [2.05, 4.69) is 15.9 Å². The van der Waals surface area contributed by atoms with Gasteiger partial charge in [0.05, 0.1) is 10.0 Å². The van der Waals surface area contributed by atoms with Crippen LogP contribution in [0.3, 0.4) is 0 Å². The number of phenolic OH excluding ortho intramolecular Hbond substituents is 1. The zero-order valence-electron chi connectivity index (χ0n) is 12.3. The summed E-state index contributed by atoms with van der Waals surface area (Å²) >= 11 is 3.39. The maximum Gasteiger partial charge on any atom is 0.232 e. The highest BCUT2D eigenvalue weighted by Crippen LogP contribution is 2.38. The first kappa shape index (κ1) is 14.9. The van der Waals surface area contributed by atoms with E-state index in [1.807, 2.05) is 32.0 Å². The van der Waals surface area contributed by atoms with Gasteiger partial charge in [0, 0.05) is 0 Å². The summed E-state index contributed by atoms with van der Waals surface area (Å²) in [6.45, 7) is 4.02. The third-order valence-corrected chi connectivity index (χ3v) is 4.24. The van der Waals surface area contributed by atoms with Crippen LogP contribution in [-0.4, -0.2) is 10.9 Å². The highest BCUT2D eigenvalue weighted by molar-refractivity contribution is 9.10. The molecule has 0 saturated heterocycles. The van der Waals surface area contributed by atoms with E-state index in [-0.39, 0.29) is 17.5 Å². The second kappa shape index (κ2) is 5.61. The van der Waals surface area contributed by atoms with Crippen LogP contribution in [0.25, 0.3) is 6.08 Å². The first-order valence-electron chi connectivity index (χ1n) is 7.03. The lowest BCUT2D eigenvalue weighted by molar-refractivity contribution is 0.101. The van der Waals surface area contributed by atoms with Crippen LogP contribution in [0, 0.1) is 0 Å². The molecule has 2 aromatic carbocycles. The first-order valence-corrected chi connectivity index (χ1v) is 7.82. The number of hydrogen-bond acceptors (Lipinski definition) is 3. The van der Waals surface area contributed by atoms with Crippen molar-refractivity contribution in [1.29, 1.82) is 0 Å². The van der Waals surface area contributed by atoms with Gasteiger partial charge in [-0.25, -0.2) is 0 Å². The number of allylic oxidation sites excluding steroid dienone is 1. The van der Waals surface area contributed by atoms with Crippen LogP contribution >= 0.6 is 15.9 Å². The van der Waals surface area contributed by atoms with Crippen LogP contribution < -0.4 is 4.74 Å². The van der Waals surface area contributed by atoms with Crippen molar-refractivity contribution < 1.29 is 14.6 Å². The Hall–Kier alpha value is -2.07. The number of rotatable bonds is 2. The quantitative estimate of drug-likeness (QED) is 0.777. The lowest BCUT2D eigenvalue weighted by Gasteiger charge is -2.09. The summed E-state index contributed by atoms with van der Waals surface area (Å²) in [5.41, 5.74) is 2.23. The molecule has 2 aromatic rings. The normalized spacial score (nSPS) is 15.3. The molecule has 0 aliphatic carbocycles. The fourth-order valence-corrected chi connectivity index (χ4v) is 2.90. The minimum Gasteiger partial charge on any atom is -0.508 e. The Morgan fingerprint density at radius 1 is 1.23 bits per heavy atom. The third kappa shape index (κ3) is 2.55. The van der Waals surface area contributed by atoms with Gasteiger partial charge >= 0.3 is 0 Å². The van der Waals surface area contributed by atoms with Crippen molar-refractivity contribution in [2.45, 2.75) is 19.8 Å². The molecule has 3 rings (SSSR count). The summed E-state index contributed by atoms with van der Waals surface area (Å²) in [6, 6.07) is 10.7. The number of Topliss-reactive ketones (excluding diaryl/α,β-unsaturated/α-hetero) is 1. The number of ketones is 1. The molecule has 0 spiro atoms. The van der Waals surface area contributed by atoms with Crippen molar-refractivity contribution in [1.82, 2.24) is 0 Å². The third-order valence-electron chi connectivity index (χ3n) is 3.62. The number of carbonyl (C=O) groups is 1. The lowest BCUT2D eigenvalue weighted by atomic mass is 9.99. The topological polar surface area (TPSA) is 46.5 Å². The summed E-state index contributed by atoms with van der Waals surface area (Å²) < 4.78 is 6.45. The summed E-state index contributed by atoms with van der Waals surface area (Å²) in [6.07, 6.45) is 1.71. The van der Waals surface area contributed by atoms with E-state index in [4.69, 9.17) is 4.74 Å². The van der Waals surface area contributed by atoms with Gasteiger partial charge < -0.3 is 9.84 Å². The van der Waals surface area contributed by atoms with Crippen molar-refractivity contribution in [2.24, 2.45) is 0 Å². The Bertz CT molecular complexity index is 791. The highest BCUT2D eigenvalue weighted by Gasteiger charge is 2.28. The van der Waals surface area contributed by atoms with Crippen LogP contribution in [0.1, 0.15) is 41.3 Å². The zero-order chi connectivity index (χ0) is 15.9. The van der Waals surface area contributed by atoms with E-state index in [1.54, 1.807) is 24.3 Å². The van der Waals surface area contributed by atoms with Crippen molar-refractivity contribution in [3.63, 3.8) is 0 Å². The number of hydrogen-bond donors (Lipinski definition) is 1. The zero-order valence-corrected chi connectivity index (χ0v) is 13.8. The van der Waals surface area contributed by atoms with Crippen LogP contribution in [0.2, 0.25) is 0 Å². The van der Waals surface area contributed by atoms with E-state index >= 15 is 0 Å². The minimum atomic E-state index is -0.129. The molecular weight excluding hydrogens is 344 g/mol. The molecule has 0 fully saturated rings. The summed E-state index contributed by atoms with van der Waals surface area (Å²) in [4.78, 5) is 12.4. The smallest absolute Gasteiger partial charge is 0.232 e. The Morgan fingerprint density at radius 2 is 2.00 bits per heavy atom. The number of para-hydroxylation sites is 1. The molecule has 4 heteroatoms. The summed E-state index contributed by atoms with van der Waals surface area (Å²) in [7, 11) is 0. The van der Waals surface area contributed by atoms with E-state index < -0.39 is 0 Å². The van der Waals surface area contributed by atoms with Gasteiger partial charge in [0.25, 0.3) is 0 Å². The maximum atomic E-state index is 12.4. The first-order chi connectivity index (χ1) is 10.5. The van der Waals surface area contributed by atoms with Crippen molar-refractivity contribution in [2.75, 3.05) is 0 Å². The van der Waals surface area contributed by atoms with Gasteiger partial charge in [-0.3, -0.25) is 4.79 Å². The second-order valence-corrected chi connectivity index (χ2v) is 6.38. The average Bonchev–Trinajstić information content (AvgIpc) is 2.79. The van der Waals surface area contributed by atoms with Gasteiger partial charge in [-0.05, 0) is 63.3 Å². The Morgan fingerprint density at radius 3 is 2.68 bits per heavy atom. The van der Waals surface area contributed by atoms with Crippen LogP contribution in [0.4, 0.5) is 0 Å². The van der Waals surface area contributed by atoms with E-state index in [1.165, 1.54) is 0 Å². The van der Waals surface area contributed by atoms with Gasteiger partial charge in [0.2, 0.25) is 5.78 Å². The maximum absolute atomic E-state index is 12.4. The molecule has 112 valence electrons. The van der Waals surface area contributed by atoms with Gasteiger partial charge in [0.15, 0.2) is 11.5 Å². The summed E-state index contributed by atoms with van der Waals surface area (Å²) in [5.74, 6) is 1.19. The molecule has 0 bridgehead atoms. The minimum absolute atomic E-state index is 0.129. The van der Waals surface area contributed by atoms with Crippen LogP contribution in [0.5, 0.6) is 11.5 Å². The molecule has 3 nitrogen and oxygen atoms in total. The molecule has 1 heterocycles. The lowest BCUT2D eigenvalue weighted by Crippen LogP contribution is -1.98. The average molecular weight is 359 g/mol. The van der Waals surface area contributed by atoms with Crippen molar-refractivity contribution in [3.8, 4) is 11.5 Å². The SMILES string of the molecule is CC(C)c1cc(/C=C2\Oc3c(Br)cccc3C2=O)ccc1O. The van der Waals surface area contributed by atoms with Gasteiger partial charge in [0.1, 0.15) is 5.75 Å². The number of fused-ring (bicyclic) bond motifs is 1. The van der Waals surface area contributed by atoms with E-state index in [0.29, 0.717) is 17.1 Å². The Labute approximate surface area is 137 Å². The van der Waals surface area contributed by atoms with Gasteiger partial charge in [-0.2, -0.15) is 0 Å². The monoisotopic (exact) mass is 358 g/mol. The number of carbonyl (C=O) groups excluding carboxylic acids is 1. The molecule has 0 aromatic heterocycles. The molecule has 0 amide bonds. The molecule has 0 unspecified atom stereocenters. The summed E-state index contributed by atoms with van der Waals surface area (Å²) in [5, 5.41) is 9.87. The second-order valence-electron chi connectivity index (χ2n) is 5.53. The largest absolute Gasteiger partial charge is 0.508 e. The molecular formula is C18H15BrO3. The van der Waals surface area contributed by atoms with Gasteiger partial charge in [-0.15, -0.1) is 0 Å². The number of phenols is 1. The Balaban J connectivity index is 2.00. The van der Waals surface area contributed by atoms with Crippen molar-refractivity contribution >= 4 is 27.8 Å². The molecule has 1 aliphatic heterocycles. The fourth-order valence-electron chi connectivity index (χ4n) is 2.45. The van der Waals surface area contributed by atoms with Gasteiger partial charge in [-0.1, -0.05) is 26.0 Å². The predicted molar refractivity (Wildman–Crippen MR) is 89.3 cm³/mol. The van der Waals surface area contributed by atoms with Crippen LogP contribution in [-0.2, 0) is 0 Å². The molecule has 1 N–H and O–H groups in total. The van der Waals surface area contributed by atoms with Crippen molar-refractivity contribution in [3.05, 3.63) is 63.3 Å². The molecule has 1 aliphatic rings. The number of benzene rings is 2. The molecule has 0 atom stereocenters. The Kier molecular flexibility index (Phi) is 3.79. The predicted octanol–water partition coefficient (Wildman–Crippen LogP) is 4.89. The molecule has 0 saturated carbocycles. The number of aromatic hydroxyl groups is 1. The fraction of sp³-hybridized carbons (Fsp3) is 0.167. The number of ether oxygens (including phenoxy) is 1. The van der Waals surface area contributed by atoms with Crippen LogP contribution in [0.15, 0.2) is 46.6 Å². The molecule has 0 radical (unpaired) electrons. The molecule has 22 heavy (non-hydrogen) atoms. The van der Waals surface area contributed by atoms with E-state index in [9.17, 15) is 9.90 Å². The standard InChI is InChI=1S/C18H15BrO3/c1-10(2)13-8-11(6-7-15(13)20)9-16-17(21)12-4-3-5-14(19)18(12)22-16/h3-10,20H,1-2H3/b16-9-. The van der Waals surface area contributed by atoms with E-state index in [0.717, 1.165) is 15.6 Å². The number of halogens is 1.